The lowest BCUT2D eigenvalue weighted by Crippen LogP contribution is -2.18. The lowest BCUT2D eigenvalue weighted by molar-refractivity contribution is -0.274. The average Bonchev–Trinajstić information content (AvgIpc) is 2.67. The molecular weight excluding hydrogens is 375 g/mol. The molecule has 0 aliphatic heterocycles. The lowest BCUT2D eigenvalue weighted by atomic mass is 10.2. The molecule has 0 saturated heterocycles. The van der Waals surface area contributed by atoms with Gasteiger partial charge in [0.1, 0.15) is 5.82 Å². The highest BCUT2D eigenvalue weighted by molar-refractivity contribution is 5.69. The topological polar surface area (TPSA) is 92.2 Å². The predicted octanol–water partition coefficient (Wildman–Crippen LogP) is 3.59. The van der Waals surface area contributed by atoms with Crippen LogP contribution in [0.3, 0.4) is 0 Å². The molecule has 0 amide bonds. The number of para-hydroxylation sites is 2. The van der Waals surface area contributed by atoms with Crippen molar-refractivity contribution >= 4 is 17.5 Å². The van der Waals surface area contributed by atoms with Crippen molar-refractivity contribution in [1.82, 2.24) is 15.0 Å². The van der Waals surface area contributed by atoms with E-state index in [9.17, 15) is 13.2 Å². The number of nitrogens with zero attached hydrogens (tertiary/aromatic N) is 3. The Labute approximate surface area is 158 Å². The minimum absolute atomic E-state index is 0.0868. The van der Waals surface area contributed by atoms with Crippen LogP contribution in [0.5, 0.6) is 5.75 Å². The molecule has 0 bridgehead atoms. The number of aromatic nitrogens is 3. The second-order valence-electron chi connectivity index (χ2n) is 5.52. The first kappa shape index (κ1) is 19.4. The van der Waals surface area contributed by atoms with Crippen molar-refractivity contribution in [3.63, 3.8) is 0 Å². The summed E-state index contributed by atoms with van der Waals surface area (Å²) in [5.41, 5.74) is 1.28. The molecule has 2 heterocycles. The predicted molar refractivity (Wildman–Crippen MR) is 97.2 cm³/mol. The molecule has 3 N–H and O–H groups in total. The molecule has 0 saturated carbocycles. The summed E-state index contributed by atoms with van der Waals surface area (Å²) in [5, 5.41) is 14.7. The van der Waals surface area contributed by atoms with Gasteiger partial charge in [0.25, 0.3) is 0 Å². The molecular formula is C18H16F3N5O2. The molecule has 2 aromatic heterocycles. The molecule has 0 atom stereocenters. The van der Waals surface area contributed by atoms with Crippen molar-refractivity contribution in [2.24, 2.45) is 0 Å². The average molecular weight is 391 g/mol. The molecule has 1 aromatic carbocycles. The second-order valence-corrected chi connectivity index (χ2v) is 5.52. The van der Waals surface area contributed by atoms with Crippen LogP contribution in [0.4, 0.5) is 30.6 Å². The van der Waals surface area contributed by atoms with Crippen molar-refractivity contribution < 1.29 is 23.0 Å². The highest BCUT2D eigenvalue weighted by Gasteiger charge is 2.32. The van der Waals surface area contributed by atoms with Crippen LogP contribution >= 0.6 is 0 Å². The summed E-state index contributed by atoms with van der Waals surface area (Å²) in [6, 6.07) is 10.7. The summed E-state index contributed by atoms with van der Waals surface area (Å²) < 4.78 is 41.9. The summed E-state index contributed by atoms with van der Waals surface area (Å²) in [5.74, 6) is 0.0565. The molecule has 0 radical (unpaired) electrons. The minimum Gasteiger partial charge on any atom is -0.404 e. The maximum absolute atomic E-state index is 12.6. The van der Waals surface area contributed by atoms with Gasteiger partial charge in [0, 0.05) is 30.6 Å². The number of pyridine rings is 1. The molecule has 3 aromatic rings. The van der Waals surface area contributed by atoms with Crippen LogP contribution in [0.15, 0.2) is 54.9 Å². The van der Waals surface area contributed by atoms with Gasteiger partial charge in [0.05, 0.1) is 18.0 Å². The van der Waals surface area contributed by atoms with Gasteiger partial charge in [-0.25, -0.2) is 4.98 Å². The third-order valence-electron chi connectivity index (χ3n) is 3.45. The third-order valence-corrected chi connectivity index (χ3v) is 3.45. The van der Waals surface area contributed by atoms with Gasteiger partial charge < -0.3 is 20.5 Å². The number of anilines is 3. The van der Waals surface area contributed by atoms with Gasteiger partial charge in [-0.05, 0) is 24.3 Å². The highest BCUT2D eigenvalue weighted by Crippen LogP contribution is 2.32. The van der Waals surface area contributed by atoms with Crippen molar-refractivity contribution in [2.45, 2.75) is 6.36 Å². The maximum Gasteiger partial charge on any atom is 0.573 e. The Morgan fingerprint density at radius 3 is 2.61 bits per heavy atom. The van der Waals surface area contributed by atoms with Gasteiger partial charge in [-0.2, -0.15) is 4.98 Å². The molecule has 0 aliphatic rings. The summed E-state index contributed by atoms with van der Waals surface area (Å²) in [7, 11) is 0. The molecule has 3 rings (SSSR count). The fourth-order valence-electron chi connectivity index (χ4n) is 2.34. The van der Waals surface area contributed by atoms with Crippen molar-refractivity contribution in [1.29, 1.82) is 0 Å². The van der Waals surface area contributed by atoms with Crippen LogP contribution in [0.25, 0.3) is 11.3 Å². The van der Waals surface area contributed by atoms with Crippen LogP contribution in [0, 0.1) is 0 Å². The Bertz CT molecular complexity index is 923. The molecule has 28 heavy (non-hydrogen) atoms. The number of alkyl halides is 3. The zero-order valence-corrected chi connectivity index (χ0v) is 14.4. The lowest BCUT2D eigenvalue weighted by Gasteiger charge is -2.15. The molecule has 0 spiro atoms. The van der Waals surface area contributed by atoms with Gasteiger partial charge in [-0.3, -0.25) is 4.98 Å². The van der Waals surface area contributed by atoms with E-state index in [0.717, 1.165) is 0 Å². The third kappa shape index (κ3) is 5.30. The molecule has 0 fully saturated rings. The maximum atomic E-state index is 12.6. The zero-order valence-electron chi connectivity index (χ0n) is 14.4. The normalized spacial score (nSPS) is 11.1. The summed E-state index contributed by atoms with van der Waals surface area (Å²) in [4.78, 5) is 12.6. The summed E-state index contributed by atoms with van der Waals surface area (Å²) >= 11 is 0. The van der Waals surface area contributed by atoms with E-state index >= 15 is 0 Å². The number of hydrogen-bond acceptors (Lipinski definition) is 7. The number of nitrogens with one attached hydrogen (secondary N) is 2. The van der Waals surface area contributed by atoms with Gasteiger partial charge in [-0.15, -0.1) is 13.2 Å². The summed E-state index contributed by atoms with van der Waals surface area (Å²) in [6.45, 7) is 0.0786. The van der Waals surface area contributed by atoms with Crippen LogP contribution in [-0.4, -0.2) is 39.6 Å². The monoisotopic (exact) mass is 391 g/mol. The number of halogens is 3. The molecule has 146 valence electrons. The van der Waals surface area contributed by atoms with E-state index < -0.39 is 6.36 Å². The zero-order chi connectivity index (χ0) is 20.0. The number of ether oxygens (including phenoxy) is 1. The highest BCUT2D eigenvalue weighted by atomic mass is 19.4. The van der Waals surface area contributed by atoms with Gasteiger partial charge in [-0.1, -0.05) is 12.1 Å². The Hall–Kier alpha value is -3.40. The number of aliphatic hydroxyl groups excluding tert-OH is 1. The van der Waals surface area contributed by atoms with Gasteiger partial charge in [0.15, 0.2) is 5.75 Å². The number of rotatable bonds is 7. The molecule has 10 heteroatoms. The van der Waals surface area contributed by atoms with Crippen LogP contribution in [0.1, 0.15) is 0 Å². The fourth-order valence-corrected chi connectivity index (χ4v) is 2.34. The van der Waals surface area contributed by atoms with E-state index in [0.29, 0.717) is 11.3 Å². The fraction of sp³-hybridized carbons (Fsp3) is 0.167. The molecule has 0 unspecified atom stereocenters. The number of hydrogen-bond donors (Lipinski definition) is 3. The summed E-state index contributed by atoms with van der Waals surface area (Å²) in [6.07, 6.45) is -1.61. The van der Waals surface area contributed by atoms with E-state index in [1.54, 1.807) is 36.7 Å². The SMILES string of the molecule is OCCNc1nc(Nc2ccccc2OC(F)(F)F)cc(-c2cccnc2)n1. The van der Waals surface area contributed by atoms with Crippen LogP contribution < -0.4 is 15.4 Å². The largest absolute Gasteiger partial charge is 0.573 e. The van der Waals surface area contributed by atoms with E-state index in [-0.39, 0.29) is 36.4 Å². The Morgan fingerprint density at radius 2 is 1.89 bits per heavy atom. The van der Waals surface area contributed by atoms with Gasteiger partial charge in [0.2, 0.25) is 5.95 Å². The first-order chi connectivity index (χ1) is 13.4. The van der Waals surface area contributed by atoms with Crippen molar-refractivity contribution in [3.05, 3.63) is 54.9 Å². The Morgan fingerprint density at radius 1 is 1.07 bits per heavy atom. The van der Waals surface area contributed by atoms with Crippen molar-refractivity contribution in [2.75, 3.05) is 23.8 Å². The van der Waals surface area contributed by atoms with E-state index in [2.05, 4.69) is 30.3 Å². The Kier molecular flexibility index (Phi) is 5.90. The second kappa shape index (κ2) is 8.53. The standard InChI is InChI=1S/C18H16F3N5O2/c19-18(20,21)28-15-6-2-1-5-13(15)24-16-10-14(12-4-3-7-22-11-12)25-17(26-16)23-8-9-27/h1-7,10-11,27H,8-9H2,(H2,23,24,25,26). The number of benzene rings is 1. The smallest absolute Gasteiger partial charge is 0.404 e. The Balaban J connectivity index is 1.95. The van der Waals surface area contributed by atoms with Crippen LogP contribution in [-0.2, 0) is 0 Å². The first-order valence-corrected chi connectivity index (χ1v) is 8.20. The number of aliphatic hydroxyl groups is 1. The quantitative estimate of drug-likeness (QED) is 0.567. The van der Waals surface area contributed by atoms with Crippen molar-refractivity contribution in [3.8, 4) is 17.0 Å². The first-order valence-electron chi connectivity index (χ1n) is 8.20. The van der Waals surface area contributed by atoms with E-state index in [4.69, 9.17) is 5.11 Å². The molecule has 7 nitrogen and oxygen atoms in total. The van der Waals surface area contributed by atoms with Crippen LogP contribution in [0.2, 0.25) is 0 Å². The molecule has 0 aliphatic carbocycles. The minimum atomic E-state index is -4.82. The van der Waals surface area contributed by atoms with E-state index in [1.165, 1.54) is 18.2 Å². The van der Waals surface area contributed by atoms with Gasteiger partial charge >= 0.3 is 6.36 Å². The van der Waals surface area contributed by atoms with E-state index in [1.807, 2.05) is 0 Å².